The second-order valence-electron chi connectivity index (χ2n) is 14.2. The smallest absolute Gasteiger partial charge is 0.410 e. The molecule has 3 aliphatic rings. The molecule has 4 heterocycles. The molecular formula is C37H41ClFN7O2. The largest absolute Gasteiger partial charge is 0.444 e. The highest BCUT2D eigenvalue weighted by Gasteiger charge is 2.44. The number of amides is 1. The number of ether oxygens (including phenoxy) is 1. The predicted molar refractivity (Wildman–Crippen MR) is 188 cm³/mol. The molecule has 3 aliphatic heterocycles. The van der Waals surface area contributed by atoms with Crippen molar-refractivity contribution in [2.75, 3.05) is 49.5 Å². The second-order valence-corrected chi connectivity index (χ2v) is 14.7. The number of nitrogens with zero attached hydrogens (tertiary/aromatic N) is 6. The lowest BCUT2D eigenvalue weighted by molar-refractivity contribution is 0.0145. The van der Waals surface area contributed by atoms with Crippen molar-refractivity contribution in [3.8, 4) is 17.2 Å². The number of benzene rings is 3. The quantitative estimate of drug-likeness (QED) is 0.224. The summed E-state index contributed by atoms with van der Waals surface area (Å²) in [5.41, 5.74) is 0.716. The molecule has 3 fully saturated rings. The average Bonchev–Trinajstić information content (AvgIpc) is 3.64. The maximum Gasteiger partial charge on any atom is 0.410 e. The van der Waals surface area contributed by atoms with E-state index in [1.165, 1.54) is 12.8 Å². The standard InChI is InChI=1S/C37H41ClFN7O2/c1-36(2,3)48-35(47)46-21-20-44(22-25(46)14-17-40)33-28-13-12-27(26-10-4-8-24-9-5-11-29(38)30(24)26)31(39)32(28)42-34(43-33)41-23-37-15-6-18-45(37)19-7-16-37/h4-5,8-13,25H,6-7,14-16,18-23H2,1-3H3,(H,41,42,43)/t25-/m0/s1. The molecule has 250 valence electrons. The summed E-state index contributed by atoms with van der Waals surface area (Å²) in [5.74, 6) is 0.487. The Morgan fingerprint density at radius 3 is 2.54 bits per heavy atom. The van der Waals surface area contributed by atoms with Gasteiger partial charge in [0.2, 0.25) is 5.95 Å². The minimum Gasteiger partial charge on any atom is -0.444 e. The van der Waals surface area contributed by atoms with Crippen molar-refractivity contribution >= 4 is 51.1 Å². The van der Waals surface area contributed by atoms with Gasteiger partial charge in [-0.2, -0.15) is 10.2 Å². The van der Waals surface area contributed by atoms with Crippen molar-refractivity contribution in [3.63, 3.8) is 0 Å². The molecule has 1 atom stereocenters. The molecule has 0 aliphatic carbocycles. The van der Waals surface area contributed by atoms with Crippen molar-refractivity contribution in [1.29, 1.82) is 5.26 Å². The van der Waals surface area contributed by atoms with Crippen LogP contribution in [0, 0.1) is 17.1 Å². The van der Waals surface area contributed by atoms with Gasteiger partial charge in [0.1, 0.15) is 16.9 Å². The van der Waals surface area contributed by atoms with Gasteiger partial charge in [-0.15, -0.1) is 0 Å². The molecule has 0 bridgehead atoms. The molecule has 1 amide bonds. The van der Waals surface area contributed by atoms with Crippen LogP contribution in [0.1, 0.15) is 52.9 Å². The normalized spacial score (nSPS) is 19.5. The number of hydrogen-bond donors (Lipinski definition) is 1. The first-order valence-electron chi connectivity index (χ1n) is 16.9. The van der Waals surface area contributed by atoms with Crippen molar-refractivity contribution < 1.29 is 13.9 Å². The molecule has 0 radical (unpaired) electrons. The van der Waals surface area contributed by atoms with Crippen LogP contribution in [0.5, 0.6) is 0 Å². The number of rotatable bonds is 6. The summed E-state index contributed by atoms with van der Waals surface area (Å²) >= 11 is 6.66. The van der Waals surface area contributed by atoms with E-state index in [-0.39, 0.29) is 17.5 Å². The Morgan fingerprint density at radius 2 is 1.81 bits per heavy atom. The molecule has 0 saturated carbocycles. The SMILES string of the molecule is CC(C)(C)OC(=O)N1CCN(c2nc(NCC34CCCN3CCC4)nc3c(F)c(-c4cccc5cccc(Cl)c45)ccc23)C[C@@H]1CC#N. The van der Waals surface area contributed by atoms with Crippen molar-refractivity contribution in [2.45, 2.75) is 70.1 Å². The molecule has 0 unspecified atom stereocenters. The minimum atomic E-state index is -0.661. The highest BCUT2D eigenvalue weighted by Crippen LogP contribution is 2.41. The molecule has 48 heavy (non-hydrogen) atoms. The Labute approximate surface area is 285 Å². The summed E-state index contributed by atoms with van der Waals surface area (Å²) in [6.45, 7) is 9.47. The van der Waals surface area contributed by atoms with E-state index < -0.39 is 23.6 Å². The Balaban J connectivity index is 1.30. The van der Waals surface area contributed by atoms with Crippen LogP contribution >= 0.6 is 11.6 Å². The molecule has 11 heteroatoms. The zero-order valence-electron chi connectivity index (χ0n) is 27.7. The van der Waals surface area contributed by atoms with Crippen LogP contribution in [0.15, 0.2) is 48.5 Å². The maximum atomic E-state index is 16.9. The minimum absolute atomic E-state index is 0.0650. The number of nitrogens with one attached hydrogen (secondary N) is 1. The third-order valence-electron chi connectivity index (χ3n) is 10.1. The number of nitriles is 1. The molecule has 1 aromatic heterocycles. The second kappa shape index (κ2) is 12.7. The van der Waals surface area contributed by atoms with Crippen LogP contribution in [0.2, 0.25) is 5.02 Å². The van der Waals surface area contributed by atoms with Gasteiger partial charge < -0.3 is 19.9 Å². The third-order valence-corrected chi connectivity index (χ3v) is 10.4. The van der Waals surface area contributed by atoms with Crippen LogP contribution in [-0.4, -0.2) is 82.3 Å². The Bertz CT molecular complexity index is 1910. The topological polar surface area (TPSA) is 97.6 Å². The van der Waals surface area contributed by atoms with E-state index in [9.17, 15) is 10.1 Å². The van der Waals surface area contributed by atoms with Gasteiger partial charge in [-0.25, -0.2) is 14.2 Å². The number of hydrogen-bond acceptors (Lipinski definition) is 8. The van der Waals surface area contributed by atoms with Gasteiger partial charge >= 0.3 is 6.09 Å². The van der Waals surface area contributed by atoms with Gasteiger partial charge in [0.15, 0.2) is 5.82 Å². The lowest BCUT2D eigenvalue weighted by Crippen LogP contribution is -2.56. The molecule has 9 nitrogen and oxygen atoms in total. The molecule has 1 N–H and O–H groups in total. The Morgan fingerprint density at radius 1 is 1.06 bits per heavy atom. The lowest BCUT2D eigenvalue weighted by Gasteiger charge is -2.41. The number of halogens is 2. The van der Waals surface area contributed by atoms with Crippen LogP contribution < -0.4 is 10.2 Å². The molecule has 0 spiro atoms. The zero-order chi connectivity index (χ0) is 33.6. The Kier molecular flexibility index (Phi) is 8.55. The van der Waals surface area contributed by atoms with E-state index in [4.69, 9.17) is 26.3 Å². The Hall–Kier alpha value is -4.20. The summed E-state index contributed by atoms with van der Waals surface area (Å²) < 4.78 is 22.6. The highest BCUT2D eigenvalue weighted by atomic mass is 35.5. The number of anilines is 2. The summed E-state index contributed by atoms with van der Waals surface area (Å²) in [7, 11) is 0. The van der Waals surface area contributed by atoms with E-state index in [0.29, 0.717) is 59.5 Å². The number of fused-ring (bicyclic) bond motifs is 3. The number of carbonyl (C=O) groups is 1. The molecule has 4 aromatic rings. The predicted octanol–water partition coefficient (Wildman–Crippen LogP) is 7.62. The van der Waals surface area contributed by atoms with E-state index in [1.54, 1.807) is 11.0 Å². The maximum absolute atomic E-state index is 16.9. The fourth-order valence-corrected chi connectivity index (χ4v) is 8.12. The lowest BCUT2D eigenvalue weighted by atomic mass is 9.94. The van der Waals surface area contributed by atoms with E-state index in [1.807, 2.05) is 68.1 Å². The number of aromatic nitrogens is 2. The van der Waals surface area contributed by atoms with E-state index in [2.05, 4.69) is 16.3 Å². The van der Waals surface area contributed by atoms with Gasteiger partial charge in [0, 0.05) is 53.1 Å². The van der Waals surface area contributed by atoms with Crippen LogP contribution in [0.4, 0.5) is 21.0 Å². The van der Waals surface area contributed by atoms with Crippen molar-refractivity contribution in [3.05, 3.63) is 59.4 Å². The van der Waals surface area contributed by atoms with Crippen LogP contribution in [-0.2, 0) is 4.74 Å². The van der Waals surface area contributed by atoms with Gasteiger partial charge in [-0.1, -0.05) is 48.0 Å². The van der Waals surface area contributed by atoms with Gasteiger partial charge in [-0.05, 0) is 82.6 Å². The van der Waals surface area contributed by atoms with Gasteiger partial charge in [0.25, 0.3) is 0 Å². The molecule has 7 rings (SSSR count). The highest BCUT2D eigenvalue weighted by molar-refractivity contribution is 6.36. The van der Waals surface area contributed by atoms with Gasteiger partial charge in [-0.3, -0.25) is 4.90 Å². The molecule has 3 aromatic carbocycles. The molecule has 3 saturated heterocycles. The zero-order valence-corrected chi connectivity index (χ0v) is 28.5. The van der Waals surface area contributed by atoms with Crippen LogP contribution in [0.25, 0.3) is 32.8 Å². The van der Waals surface area contributed by atoms with Crippen LogP contribution in [0.3, 0.4) is 0 Å². The fourth-order valence-electron chi connectivity index (χ4n) is 7.84. The molecular weight excluding hydrogens is 629 g/mol. The summed E-state index contributed by atoms with van der Waals surface area (Å²) in [6, 6.07) is 16.9. The van der Waals surface area contributed by atoms with Crippen molar-refractivity contribution in [2.24, 2.45) is 0 Å². The number of piperazine rings is 1. The summed E-state index contributed by atoms with van der Waals surface area (Å²) in [6.07, 6.45) is 4.24. The number of carbonyl (C=O) groups excluding carboxylic acids is 1. The summed E-state index contributed by atoms with van der Waals surface area (Å²) in [4.78, 5) is 29.2. The summed E-state index contributed by atoms with van der Waals surface area (Å²) in [5, 5.41) is 16.0. The average molecular weight is 670 g/mol. The monoisotopic (exact) mass is 669 g/mol. The van der Waals surface area contributed by atoms with E-state index in [0.717, 1.165) is 36.7 Å². The van der Waals surface area contributed by atoms with Crippen molar-refractivity contribution in [1.82, 2.24) is 19.8 Å². The van der Waals surface area contributed by atoms with E-state index >= 15 is 4.39 Å². The first-order valence-corrected chi connectivity index (χ1v) is 17.2. The first-order chi connectivity index (χ1) is 23.1. The third kappa shape index (κ3) is 5.99. The first kappa shape index (κ1) is 32.4. The van der Waals surface area contributed by atoms with Gasteiger partial charge in [0.05, 0.1) is 18.5 Å². The fraction of sp³-hybridized carbons (Fsp3) is 0.459.